The Hall–Kier alpha value is -2.64. The maximum absolute atomic E-state index is 12.2. The average molecular weight is 338 g/mol. The highest BCUT2D eigenvalue weighted by atomic mass is 16.6. The zero-order chi connectivity index (χ0) is 18.5. The minimum atomic E-state index is -0.952. The quantitative estimate of drug-likeness (QED) is 0.465. The van der Waals surface area contributed by atoms with E-state index in [1.54, 1.807) is 26.8 Å². The minimum absolute atomic E-state index is 0.0735. The van der Waals surface area contributed by atoms with Crippen LogP contribution in [0.15, 0.2) is 24.3 Å². The van der Waals surface area contributed by atoms with Gasteiger partial charge in [-0.15, -0.1) is 0 Å². The summed E-state index contributed by atoms with van der Waals surface area (Å²) < 4.78 is 9.99. The molecular weight excluding hydrogens is 316 g/mol. The second-order valence-corrected chi connectivity index (χ2v) is 6.26. The van der Waals surface area contributed by atoms with Crippen LogP contribution >= 0.6 is 0 Å². The molecule has 1 aromatic rings. The van der Waals surface area contributed by atoms with Crippen molar-refractivity contribution in [3.63, 3.8) is 0 Å². The number of nitro benzene ring substituents is 1. The fourth-order valence-electron chi connectivity index (χ4n) is 2.00. The van der Waals surface area contributed by atoms with Gasteiger partial charge in [-0.2, -0.15) is 0 Å². The topological polar surface area (TPSA) is 99.0 Å². The molecule has 1 atom stereocenters. The number of hydrogen-bond donors (Lipinski definition) is 0. The van der Waals surface area contributed by atoms with E-state index >= 15 is 0 Å². The maximum Gasteiger partial charge on any atom is 0.410 e. The number of methoxy groups -OCH3 is 1. The number of likely N-dealkylation sites (N-methyl/N-ethyl adjacent to an activating group) is 1. The molecule has 132 valence electrons. The number of hydrogen-bond acceptors (Lipinski definition) is 6. The van der Waals surface area contributed by atoms with Crippen LogP contribution in [0, 0.1) is 10.1 Å². The molecule has 0 radical (unpaired) electrons. The Bertz CT molecular complexity index is 623. The summed E-state index contributed by atoms with van der Waals surface area (Å²) in [5.74, 6) is -0.630. The van der Waals surface area contributed by atoms with Crippen LogP contribution in [0.1, 0.15) is 26.3 Å². The number of nitro groups is 1. The Morgan fingerprint density at radius 1 is 1.33 bits per heavy atom. The molecule has 0 aliphatic heterocycles. The predicted molar refractivity (Wildman–Crippen MR) is 86.6 cm³/mol. The molecule has 0 N–H and O–H groups in total. The second kappa shape index (κ2) is 7.76. The molecule has 0 aliphatic rings. The fraction of sp³-hybridized carbons (Fsp3) is 0.500. The number of non-ortho nitro benzene ring substituents is 1. The highest BCUT2D eigenvalue weighted by Crippen LogP contribution is 2.18. The van der Waals surface area contributed by atoms with Gasteiger partial charge in [0.15, 0.2) is 0 Å². The van der Waals surface area contributed by atoms with Crippen molar-refractivity contribution in [1.82, 2.24) is 4.90 Å². The zero-order valence-electron chi connectivity index (χ0n) is 14.4. The second-order valence-electron chi connectivity index (χ2n) is 6.26. The van der Waals surface area contributed by atoms with Crippen molar-refractivity contribution in [2.45, 2.75) is 38.8 Å². The van der Waals surface area contributed by atoms with E-state index in [0.29, 0.717) is 5.56 Å². The molecule has 0 heterocycles. The van der Waals surface area contributed by atoms with Crippen LogP contribution in [0.4, 0.5) is 10.5 Å². The Kier molecular flexibility index (Phi) is 6.27. The number of esters is 1. The lowest BCUT2D eigenvalue weighted by Gasteiger charge is -2.29. The van der Waals surface area contributed by atoms with Crippen LogP contribution in [-0.2, 0) is 20.7 Å². The Morgan fingerprint density at radius 2 is 1.96 bits per heavy atom. The molecule has 0 fully saturated rings. The van der Waals surface area contributed by atoms with Crippen molar-refractivity contribution in [2.24, 2.45) is 0 Å². The molecule has 0 aliphatic carbocycles. The van der Waals surface area contributed by atoms with Crippen molar-refractivity contribution in [3.05, 3.63) is 39.9 Å². The highest BCUT2D eigenvalue weighted by Gasteiger charge is 2.31. The largest absolute Gasteiger partial charge is 0.467 e. The molecule has 0 spiro atoms. The van der Waals surface area contributed by atoms with E-state index in [0.717, 1.165) is 4.90 Å². The molecule has 1 aromatic carbocycles. The number of nitrogens with zero attached hydrogens (tertiary/aromatic N) is 2. The lowest BCUT2D eigenvalue weighted by atomic mass is 10.0. The van der Waals surface area contributed by atoms with Gasteiger partial charge in [0, 0.05) is 25.6 Å². The van der Waals surface area contributed by atoms with E-state index in [9.17, 15) is 19.7 Å². The first-order valence-electron chi connectivity index (χ1n) is 7.32. The van der Waals surface area contributed by atoms with Crippen molar-refractivity contribution >= 4 is 17.7 Å². The summed E-state index contributed by atoms with van der Waals surface area (Å²) in [4.78, 5) is 35.7. The predicted octanol–water partition coefficient (Wildman–Crippen LogP) is 2.55. The first kappa shape index (κ1) is 19.4. The summed E-state index contributed by atoms with van der Waals surface area (Å²) in [5.41, 5.74) is -0.261. The number of carbonyl (C=O) groups is 2. The third kappa shape index (κ3) is 5.53. The first-order valence-corrected chi connectivity index (χ1v) is 7.32. The molecule has 0 unspecified atom stereocenters. The van der Waals surface area contributed by atoms with Gasteiger partial charge in [0.1, 0.15) is 11.6 Å². The van der Waals surface area contributed by atoms with Crippen molar-refractivity contribution < 1.29 is 24.0 Å². The molecule has 8 heteroatoms. The Labute approximate surface area is 140 Å². The van der Waals surface area contributed by atoms with Gasteiger partial charge in [-0.3, -0.25) is 15.0 Å². The van der Waals surface area contributed by atoms with Gasteiger partial charge in [-0.05, 0) is 26.3 Å². The van der Waals surface area contributed by atoms with Gasteiger partial charge < -0.3 is 9.47 Å². The van der Waals surface area contributed by atoms with Crippen LogP contribution in [0.25, 0.3) is 0 Å². The molecular formula is C16H22N2O6. The van der Waals surface area contributed by atoms with Crippen LogP contribution in [0.3, 0.4) is 0 Å². The number of benzene rings is 1. The molecule has 24 heavy (non-hydrogen) atoms. The van der Waals surface area contributed by atoms with E-state index in [-0.39, 0.29) is 12.1 Å². The first-order chi connectivity index (χ1) is 11.0. The van der Waals surface area contributed by atoms with Crippen LogP contribution in [-0.4, -0.2) is 47.7 Å². The molecule has 0 bridgehead atoms. The molecule has 1 rings (SSSR count). The van der Waals surface area contributed by atoms with Gasteiger partial charge in [0.25, 0.3) is 5.69 Å². The summed E-state index contributed by atoms with van der Waals surface area (Å²) in [6, 6.07) is 4.93. The summed E-state index contributed by atoms with van der Waals surface area (Å²) >= 11 is 0. The van der Waals surface area contributed by atoms with Crippen molar-refractivity contribution in [3.8, 4) is 0 Å². The standard InChI is InChI=1S/C16H22N2O6/c1-16(2,3)24-15(20)17(4)13(14(19)23-5)10-11-7-6-8-12(9-11)18(21)22/h6-9,13H,10H2,1-5H3/t13-/m1/s1. The van der Waals surface area contributed by atoms with E-state index in [1.807, 2.05) is 0 Å². The molecule has 1 amide bonds. The summed E-state index contributed by atoms with van der Waals surface area (Å²) in [5, 5.41) is 10.9. The lowest BCUT2D eigenvalue weighted by Crippen LogP contribution is -2.46. The summed E-state index contributed by atoms with van der Waals surface area (Å²) in [7, 11) is 2.64. The van der Waals surface area contributed by atoms with Gasteiger partial charge >= 0.3 is 12.1 Å². The van der Waals surface area contributed by atoms with Crippen molar-refractivity contribution in [1.29, 1.82) is 0 Å². The Balaban J connectivity index is 3.01. The third-order valence-corrected chi connectivity index (χ3v) is 3.17. The van der Waals surface area contributed by atoms with Crippen LogP contribution < -0.4 is 0 Å². The number of amides is 1. The van der Waals surface area contributed by atoms with Crippen LogP contribution in [0.2, 0.25) is 0 Å². The molecule has 0 saturated carbocycles. The smallest absolute Gasteiger partial charge is 0.410 e. The van der Waals surface area contributed by atoms with Gasteiger partial charge in [-0.1, -0.05) is 12.1 Å². The molecule has 0 saturated heterocycles. The van der Waals surface area contributed by atoms with E-state index < -0.39 is 28.6 Å². The summed E-state index contributed by atoms with van der Waals surface area (Å²) in [6.45, 7) is 5.14. The SMILES string of the molecule is COC(=O)[C@@H](Cc1cccc([N+](=O)[O-])c1)N(C)C(=O)OC(C)(C)C. The third-order valence-electron chi connectivity index (χ3n) is 3.17. The van der Waals surface area contributed by atoms with Crippen LogP contribution in [0.5, 0.6) is 0 Å². The molecule has 0 aromatic heterocycles. The number of carbonyl (C=O) groups excluding carboxylic acids is 2. The monoisotopic (exact) mass is 338 g/mol. The maximum atomic E-state index is 12.2. The normalized spacial score (nSPS) is 12.2. The minimum Gasteiger partial charge on any atom is -0.467 e. The zero-order valence-corrected chi connectivity index (χ0v) is 14.4. The van der Waals surface area contributed by atoms with Gasteiger partial charge in [0.05, 0.1) is 12.0 Å². The van der Waals surface area contributed by atoms with Crippen molar-refractivity contribution in [2.75, 3.05) is 14.2 Å². The van der Waals surface area contributed by atoms with Gasteiger partial charge in [0.2, 0.25) is 0 Å². The summed E-state index contributed by atoms with van der Waals surface area (Å²) in [6.07, 6.45) is -0.604. The fourth-order valence-corrected chi connectivity index (χ4v) is 2.00. The van der Waals surface area contributed by atoms with E-state index in [2.05, 4.69) is 0 Å². The molecule has 8 nitrogen and oxygen atoms in total. The van der Waals surface area contributed by atoms with E-state index in [4.69, 9.17) is 9.47 Å². The Morgan fingerprint density at radius 3 is 2.46 bits per heavy atom. The number of ether oxygens (including phenoxy) is 2. The average Bonchev–Trinajstić information content (AvgIpc) is 2.49. The lowest BCUT2D eigenvalue weighted by molar-refractivity contribution is -0.384. The highest BCUT2D eigenvalue weighted by molar-refractivity contribution is 5.81. The van der Waals surface area contributed by atoms with Gasteiger partial charge in [-0.25, -0.2) is 9.59 Å². The number of rotatable bonds is 5. The van der Waals surface area contributed by atoms with E-state index in [1.165, 1.54) is 32.4 Å².